The highest BCUT2D eigenvalue weighted by molar-refractivity contribution is 5.06. The molecule has 12 heavy (non-hydrogen) atoms. The van der Waals surface area contributed by atoms with Crippen molar-refractivity contribution in [2.24, 2.45) is 0 Å². The summed E-state index contributed by atoms with van der Waals surface area (Å²) in [6.45, 7) is 5.15. The van der Waals surface area contributed by atoms with E-state index in [1.54, 1.807) is 0 Å². The third-order valence-electron chi connectivity index (χ3n) is 2.46. The van der Waals surface area contributed by atoms with Gasteiger partial charge >= 0.3 is 0 Å². The first-order valence-corrected chi connectivity index (χ1v) is 4.35. The van der Waals surface area contributed by atoms with Gasteiger partial charge in [-0.1, -0.05) is 0 Å². The van der Waals surface area contributed by atoms with Crippen molar-refractivity contribution in [2.45, 2.75) is 32.2 Å². The van der Waals surface area contributed by atoms with Crippen LogP contribution in [0.3, 0.4) is 0 Å². The van der Waals surface area contributed by atoms with Crippen molar-refractivity contribution in [3.05, 3.63) is 11.6 Å². The second kappa shape index (κ2) is 2.55. The predicted molar refractivity (Wildman–Crippen MR) is 45.7 cm³/mol. The van der Waals surface area contributed by atoms with Crippen LogP contribution in [-0.2, 0) is 5.54 Å². The Hall–Kier alpha value is -0.900. The minimum Gasteiger partial charge on any atom is -0.305 e. The van der Waals surface area contributed by atoms with Gasteiger partial charge in [-0.3, -0.25) is 5.10 Å². The fourth-order valence-corrected chi connectivity index (χ4v) is 1.67. The summed E-state index contributed by atoms with van der Waals surface area (Å²) in [5.74, 6) is 1.79. The van der Waals surface area contributed by atoms with Crippen LogP contribution in [0.15, 0.2) is 0 Å². The van der Waals surface area contributed by atoms with Crippen LogP contribution in [0.4, 0.5) is 0 Å². The summed E-state index contributed by atoms with van der Waals surface area (Å²) in [7, 11) is 0. The highest BCUT2D eigenvalue weighted by atomic mass is 15.2. The molecule has 1 aliphatic heterocycles. The van der Waals surface area contributed by atoms with Crippen LogP contribution in [0, 0.1) is 6.92 Å². The maximum absolute atomic E-state index is 4.34. The van der Waals surface area contributed by atoms with E-state index in [1.165, 1.54) is 6.42 Å². The molecule has 0 amide bonds. The van der Waals surface area contributed by atoms with E-state index in [-0.39, 0.29) is 5.54 Å². The van der Waals surface area contributed by atoms with Crippen LogP contribution in [0.1, 0.15) is 31.4 Å². The molecular formula is C8H14N4. The lowest BCUT2D eigenvalue weighted by Crippen LogP contribution is -2.34. The smallest absolute Gasteiger partial charge is 0.170 e. The lowest BCUT2D eigenvalue weighted by molar-refractivity contribution is 0.408. The number of aromatic nitrogens is 3. The Morgan fingerprint density at radius 2 is 2.33 bits per heavy atom. The minimum absolute atomic E-state index is 0.00472. The molecule has 0 bridgehead atoms. The van der Waals surface area contributed by atoms with E-state index in [0.29, 0.717) is 0 Å². The van der Waals surface area contributed by atoms with Gasteiger partial charge in [0, 0.05) is 0 Å². The van der Waals surface area contributed by atoms with Crippen molar-refractivity contribution in [1.82, 2.24) is 20.5 Å². The van der Waals surface area contributed by atoms with E-state index in [2.05, 4.69) is 27.4 Å². The zero-order valence-electron chi connectivity index (χ0n) is 7.52. The number of hydrogen-bond donors (Lipinski definition) is 2. The van der Waals surface area contributed by atoms with E-state index in [4.69, 9.17) is 0 Å². The standard InChI is InChI=1S/C8H14N4/c1-6-10-7(12-11-6)8(2)4-3-5-9-8/h9H,3-5H2,1-2H3,(H,10,11,12). The third kappa shape index (κ3) is 1.12. The number of aromatic amines is 1. The largest absolute Gasteiger partial charge is 0.305 e. The van der Waals surface area contributed by atoms with Gasteiger partial charge in [0.05, 0.1) is 5.54 Å². The Balaban J connectivity index is 2.28. The second-order valence-corrected chi connectivity index (χ2v) is 3.61. The average Bonchev–Trinajstić information content (AvgIpc) is 2.59. The van der Waals surface area contributed by atoms with Crippen molar-refractivity contribution < 1.29 is 0 Å². The first kappa shape index (κ1) is 7.73. The van der Waals surface area contributed by atoms with Crippen LogP contribution in [0.25, 0.3) is 0 Å². The maximum atomic E-state index is 4.34. The minimum atomic E-state index is 0.00472. The maximum Gasteiger partial charge on any atom is 0.170 e. The van der Waals surface area contributed by atoms with Gasteiger partial charge in [-0.15, -0.1) is 0 Å². The topological polar surface area (TPSA) is 53.6 Å². The Morgan fingerprint density at radius 1 is 1.50 bits per heavy atom. The normalized spacial score (nSPS) is 29.5. The molecule has 2 N–H and O–H groups in total. The van der Waals surface area contributed by atoms with Gasteiger partial charge in [0.15, 0.2) is 5.82 Å². The van der Waals surface area contributed by atoms with Crippen molar-refractivity contribution >= 4 is 0 Å². The van der Waals surface area contributed by atoms with Gasteiger partial charge in [-0.2, -0.15) is 5.10 Å². The van der Waals surface area contributed by atoms with Crippen LogP contribution in [0.5, 0.6) is 0 Å². The molecule has 1 unspecified atom stereocenters. The predicted octanol–water partition coefficient (Wildman–Crippen LogP) is 0.712. The van der Waals surface area contributed by atoms with Crippen molar-refractivity contribution in [3.63, 3.8) is 0 Å². The summed E-state index contributed by atoms with van der Waals surface area (Å²) in [6, 6.07) is 0. The van der Waals surface area contributed by atoms with Crippen LogP contribution in [-0.4, -0.2) is 21.7 Å². The fourth-order valence-electron chi connectivity index (χ4n) is 1.67. The van der Waals surface area contributed by atoms with Gasteiger partial charge in [0.2, 0.25) is 0 Å². The third-order valence-corrected chi connectivity index (χ3v) is 2.46. The van der Waals surface area contributed by atoms with Crippen molar-refractivity contribution in [3.8, 4) is 0 Å². The highest BCUT2D eigenvalue weighted by Gasteiger charge is 2.33. The Bertz CT molecular complexity index is 272. The summed E-state index contributed by atoms with van der Waals surface area (Å²) < 4.78 is 0. The lowest BCUT2D eigenvalue weighted by Gasteiger charge is -2.19. The van der Waals surface area contributed by atoms with Crippen molar-refractivity contribution in [2.75, 3.05) is 6.54 Å². The Morgan fingerprint density at radius 3 is 2.83 bits per heavy atom. The highest BCUT2D eigenvalue weighted by Crippen LogP contribution is 2.26. The molecule has 0 saturated carbocycles. The zero-order valence-corrected chi connectivity index (χ0v) is 7.52. The van der Waals surface area contributed by atoms with Crippen LogP contribution in [0.2, 0.25) is 0 Å². The summed E-state index contributed by atoms with van der Waals surface area (Å²) in [5.41, 5.74) is 0.00472. The molecule has 0 aromatic carbocycles. The fraction of sp³-hybridized carbons (Fsp3) is 0.750. The number of H-pyrrole nitrogens is 1. The SMILES string of the molecule is Cc1nc(C2(C)CCCN2)n[nH]1. The molecule has 1 aromatic heterocycles. The lowest BCUT2D eigenvalue weighted by atomic mass is 10.00. The summed E-state index contributed by atoms with van der Waals surface area (Å²) >= 11 is 0. The molecule has 0 spiro atoms. The zero-order chi connectivity index (χ0) is 8.60. The number of nitrogens with one attached hydrogen (secondary N) is 2. The first-order valence-electron chi connectivity index (χ1n) is 4.35. The van der Waals surface area contributed by atoms with E-state index < -0.39 is 0 Å². The molecule has 1 atom stereocenters. The molecular weight excluding hydrogens is 152 g/mol. The monoisotopic (exact) mass is 166 g/mol. The van der Waals surface area contributed by atoms with E-state index in [0.717, 1.165) is 24.6 Å². The molecule has 0 radical (unpaired) electrons. The molecule has 0 aliphatic carbocycles. The van der Waals surface area contributed by atoms with Gasteiger partial charge in [0.25, 0.3) is 0 Å². The number of rotatable bonds is 1. The molecule has 2 rings (SSSR count). The second-order valence-electron chi connectivity index (χ2n) is 3.61. The summed E-state index contributed by atoms with van der Waals surface area (Å²) in [6.07, 6.45) is 2.34. The van der Waals surface area contributed by atoms with Gasteiger partial charge in [-0.05, 0) is 33.2 Å². The van der Waals surface area contributed by atoms with Crippen molar-refractivity contribution in [1.29, 1.82) is 0 Å². The van der Waals surface area contributed by atoms with Gasteiger partial charge < -0.3 is 5.32 Å². The van der Waals surface area contributed by atoms with Crippen LogP contribution < -0.4 is 5.32 Å². The van der Waals surface area contributed by atoms with E-state index in [9.17, 15) is 0 Å². The molecule has 1 aromatic rings. The first-order chi connectivity index (χ1) is 5.71. The summed E-state index contributed by atoms with van der Waals surface area (Å²) in [4.78, 5) is 4.34. The number of hydrogen-bond acceptors (Lipinski definition) is 3. The van der Waals surface area contributed by atoms with Crippen LogP contribution >= 0.6 is 0 Å². The quantitative estimate of drug-likeness (QED) is 0.646. The molecule has 1 fully saturated rings. The van der Waals surface area contributed by atoms with Gasteiger partial charge in [0.1, 0.15) is 5.82 Å². The molecule has 1 saturated heterocycles. The molecule has 1 aliphatic rings. The molecule has 4 heteroatoms. The van der Waals surface area contributed by atoms with E-state index in [1.807, 2.05) is 6.92 Å². The average molecular weight is 166 g/mol. The number of nitrogens with zero attached hydrogens (tertiary/aromatic N) is 2. The Kier molecular flexibility index (Phi) is 1.65. The van der Waals surface area contributed by atoms with Gasteiger partial charge in [-0.25, -0.2) is 4.98 Å². The van der Waals surface area contributed by atoms with E-state index >= 15 is 0 Å². The molecule has 4 nitrogen and oxygen atoms in total. The number of aryl methyl sites for hydroxylation is 1. The summed E-state index contributed by atoms with van der Waals surface area (Å²) in [5, 5.41) is 10.5. The Labute approximate surface area is 71.8 Å². The molecule has 2 heterocycles. The molecule has 66 valence electrons.